The van der Waals surface area contributed by atoms with Crippen LogP contribution in [0, 0.1) is 0 Å². The van der Waals surface area contributed by atoms with E-state index in [9.17, 15) is 0 Å². The molecule has 0 spiro atoms. The highest BCUT2D eigenvalue weighted by Gasteiger charge is 2.18. The third kappa shape index (κ3) is 7.35. The van der Waals surface area contributed by atoms with Crippen molar-refractivity contribution in [1.82, 2.24) is 9.88 Å². The molecule has 4 heteroatoms. The molecule has 0 saturated carbocycles. The van der Waals surface area contributed by atoms with Gasteiger partial charge < -0.3 is 4.90 Å². The van der Waals surface area contributed by atoms with Crippen LogP contribution in [-0.2, 0) is 6.54 Å². The van der Waals surface area contributed by atoms with Crippen molar-refractivity contribution in [1.29, 1.82) is 0 Å². The SMILES string of the molecule is C[Si](C)(C)CN(CCN=Cc1ccccn1)Cc1ccccc1. The average molecular weight is 326 g/mol. The van der Waals surface area contributed by atoms with E-state index in [1.165, 1.54) is 11.7 Å². The number of hydrogen-bond donors (Lipinski definition) is 0. The van der Waals surface area contributed by atoms with Crippen molar-refractivity contribution in [2.45, 2.75) is 26.2 Å². The van der Waals surface area contributed by atoms with E-state index < -0.39 is 8.07 Å². The molecule has 0 aliphatic carbocycles. The highest BCUT2D eigenvalue weighted by atomic mass is 28.3. The van der Waals surface area contributed by atoms with Crippen molar-refractivity contribution < 1.29 is 0 Å². The Morgan fingerprint density at radius 1 is 1.04 bits per heavy atom. The minimum Gasteiger partial charge on any atom is -0.300 e. The van der Waals surface area contributed by atoms with Crippen LogP contribution < -0.4 is 0 Å². The number of nitrogens with zero attached hydrogens (tertiary/aromatic N) is 3. The van der Waals surface area contributed by atoms with E-state index in [2.05, 4.69) is 64.8 Å². The van der Waals surface area contributed by atoms with E-state index in [0.717, 1.165) is 25.3 Å². The number of hydrogen-bond acceptors (Lipinski definition) is 3. The van der Waals surface area contributed by atoms with Gasteiger partial charge in [0.05, 0.1) is 20.3 Å². The molecule has 0 N–H and O–H groups in total. The van der Waals surface area contributed by atoms with Crippen LogP contribution in [0.15, 0.2) is 59.7 Å². The predicted molar refractivity (Wildman–Crippen MR) is 102 cm³/mol. The Labute approximate surface area is 141 Å². The van der Waals surface area contributed by atoms with Gasteiger partial charge in [-0.15, -0.1) is 0 Å². The molecule has 3 nitrogen and oxygen atoms in total. The van der Waals surface area contributed by atoms with Crippen molar-refractivity contribution in [3.63, 3.8) is 0 Å². The first kappa shape index (κ1) is 17.6. The van der Waals surface area contributed by atoms with Crippen LogP contribution in [0.25, 0.3) is 0 Å². The molecule has 23 heavy (non-hydrogen) atoms. The predicted octanol–water partition coefficient (Wildman–Crippen LogP) is 3.88. The van der Waals surface area contributed by atoms with Crippen molar-refractivity contribution in [2.75, 3.05) is 19.3 Å². The van der Waals surface area contributed by atoms with Gasteiger partial charge in [0.2, 0.25) is 0 Å². The summed E-state index contributed by atoms with van der Waals surface area (Å²) < 4.78 is 0. The van der Waals surface area contributed by atoms with Crippen LogP contribution in [0.1, 0.15) is 11.3 Å². The van der Waals surface area contributed by atoms with Crippen molar-refractivity contribution in [2.24, 2.45) is 4.99 Å². The summed E-state index contributed by atoms with van der Waals surface area (Å²) in [6.07, 6.45) is 4.87. The Morgan fingerprint density at radius 2 is 1.78 bits per heavy atom. The standard InChI is InChI=1S/C19H27N3Si/c1-23(2,3)17-22(16-18-9-5-4-6-10-18)14-13-20-15-19-11-7-8-12-21-19/h4-12,15H,13-14,16-17H2,1-3H3. The highest BCUT2D eigenvalue weighted by molar-refractivity contribution is 6.76. The Morgan fingerprint density at radius 3 is 2.43 bits per heavy atom. The Balaban J connectivity index is 1.90. The van der Waals surface area contributed by atoms with Gasteiger partial charge >= 0.3 is 0 Å². The van der Waals surface area contributed by atoms with Gasteiger partial charge in [0.15, 0.2) is 0 Å². The van der Waals surface area contributed by atoms with Gasteiger partial charge in [0.1, 0.15) is 0 Å². The minimum atomic E-state index is -1.14. The second-order valence-corrected chi connectivity index (χ2v) is 12.5. The minimum absolute atomic E-state index is 0.813. The van der Waals surface area contributed by atoms with Crippen molar-refractivity contribution in [3.8, 4) is 0 Å². The van der Waals surface area contributed by atoms with Gasteiger partial charge in [0, 0.05) is 25.5 Å². The van der Waals surface area contributed by atoms with Crippen molar-refractivity contribution >= 4 is 14.3 Å². The molecule has 0 saturated heterocycles. The Kier molecular flexibility index (Phi) is 6.68. The summed E-state index contributed by atoms with van der Waals surface area (Å²) in [6.45, 7) is 10.1. The lowest BCUT2D eigenvalue weighted by Gasteiger charge is -2.28. The smallest absolute Gasteiger partial charge is 0.0807 e. The van der Waals surface area contributed by atoms with Crippen LogP contribution in [0.2, 0.25) is 19.6 Å². The van der Waals surface area contributed by atoms with Crippen LogP contribution in [0.3, 0.4) is 0 Å². The number of pyridine rings is 1. The maximum atomic E-state index is 4.54. The van der Waals surface area contributed by atoms with Gasteiger partial charge in [0.25, 0.3) is 0 Å². The first-order valence-electron chi connectivity index (χ1n) is 8.20. The normalized spacial score (nSPS) is 12.2. The maximum absolute atomic E-state index is 4.54. The van der Waals surface area contributed by atoms with E-state index >= 15 is 0 Å². The molecule has 0 aliphatic heterocycles. The molecule has 1 aromatic carbocycles. The lowest BCUT2D eigenvalue weighted by molar-refractivity contribution is 0.313. The van der Waals surface area contributed by atoms with Crippen LogP contribution in [-0.4, -0.2) is 43.4 Å². The monoisotopic (exact) mass is 325 g/mol. The van der Waals surface area contributed by atoms with Crippen molar-refractivity contribution in [3.05, 3.63) is 66.0 Å². The maximum Gasteiger partial charge on any atom is 0.0807 e. The second-order valence-electron chi connectivity index (χ2n) is 7.05. The molecule has 0 fully saturated rings. The van der Waals surface area contributed by atoms with Crippen LogP contribution in [0.5, 0.6) is 0 Å². The van der Waals surface area contributed by atoms with Gasteiger partial charge in [-0.05, 0) is 23.9 Å². The lowest BCUT2D eigenvalue weighted by atomic mass is 10.2. The average Bonchev–Trinajstić information content (AvgIpc) is 2.52. The fourth-order valence-electron chi connectivity index (χ4n) is 2.54. The van der Waals surface area contributed by atoms with Gasteiger partial charge in [-0.3, -0.25) is 9.98 Å². The molecule has 0 amide bonds. The molecule has 2 rings (SSSR count). The molecule has 2 aromatic rings. The van der Waals surface area contributed by atoms with E-state index in [4.69, 9.17) is 0 Å². The molecular formula is C19H27N3Si. The summed E-state index contributed by atoms with van der Waals surface area (Å²) in [5.41, 5.74) is 2.30. The summed E-state index contributed by atoms with van der Waals surface area (Å²) in [5, 5.41) is 0. The second kappa shape index (κ2) is 8.75. The molecule has 1 heterocycles. The highest BCUT2D eigenvalue weighted by Crippen LogP contribution is 2.09. The molecular weight excluding hydrogens is 298 g/mol. The summed E-state index contributed by atoms with van der Waals surface area (Å²) in [6, 6.07) is 16.6. The van der Waals surface area contributed by atoms with E-state index in [1.54, 1.807) is 6.20 Å². The molecule has 0 unspecified atom stereocenters. The molecule has 1 aromatic heterocycles. The Bertz CT molecular complexity index is 591. The largest absolute Gasteiger partial charge is 0.300 e. The Hall–Kier alpha value is -1.78. The lowest BCUT2D eigenvalue weighted by Crippen LogP contribution is -2.41. The summed E-state index contributed by atoms with van der Waals surface area (Å²) in [4.78, 5) is 11.3. The zero-order valence-electron chi connectivity index (χ0n) is 14.4. The summed E-state index contributed by atoms with van der Waals surface area (Å²) >= 11 is 0. The molecule has 0 bridgehead atoms. The van der Waals surface area contributed by atoms with E-state index in [0.29, 0.717) is 0 Å². The molecule has 0 atom stereocenters. The first-order valence-corrected chi connectivity index (χ1v) is 11.9. The zero-order valence-corrected chi connectivity index (χ0v) is 15.4. The fourth-order valence-corrected chi connectivity index (χ4v) is 4.15. The molecule has 0 aliphatic rings. The van der Waals surface area contributed by atoms with E-state index in [-0.39, 0.29) is 0 Å². The summed E-state index contributed by atoms with van der Waals surface area (Å²) in [5.74, 6) is 0. The van der Waals surface area contributed by atoms with Crippen LogP contribution >= 0.6 is 0 Å². The fraction of sp³-hybridized carbons (Fsp3) is 0.368. The van der Waals surface area contributed by atoms with Gasteiger partial charge in [-0.1, -0.05) is 56.0 Å². The molecule has 0 radical (unpaired) electrons. The number of benzene rings is 1. The zero-order chi connectivity index (χ0) is 16.5. The number of aromatic nitrogens is 1. The first-order chi connectivity index (χ1) is 11.0. The van der Waals surface area contributed by atoms with E-state index in [1.807, 2.05) is 24.4 Å². The summed E-state index contributed by atoms with van der Waals surface area (Å²) in [7, 11) is -1.14. The third-order valence-electron chi connectivity index (χ3n) is 3.40. The third-order valence-corrected chi connectivity index (χ3v) is 4.80. The van der Waals surface area contributed by atoms with Gasteiger partial charge in [-0.2, -0.15) is 0 Å². The number of rotatable bonds is 8. The van der Waals surface area contributed by atoms with Crippen LogP contribution in [0.4, 0.5) is 0 Å². The van der Waals surface area contributed by atoms with Gasteiger partial charge in [-0.25, -0.2) is 0 Å². The number of aliphatic imine (C=N–C) groups is 1. The quantitative estimate of drug-likeness (QED) is 0.544. The topological polar surface area (TPSA) is 28.5 Å². The molecule has 122 valence electrons.